The van der Waals surface area contributed by atoms with Crippen molar-refractivity contribution in [3.8, 4) is 0 Å². The number of hydrogen-bond donors (Lipinski definition) is 0. The van der Waals surface area contributed by atoms with E-state index in [-0.39, 0.29) is 58.4 Å². The zero-order chi connectivity index (χ0) is 24.3. The van der Waals surface area contributed by atoms with Crippen molar-refractivity contribution in [1.82, 2.24) is 0 Å². The Balaban J connectivity index is 1.88. The minimum Gasteiger partial charge on any atom is -0.380 e. The van der Waals surface area contributed by atoms with E-state index in [1.54, 1.807) is 28.4 Å². The molecule has 0 amide bonds. The van der Waals surface area contributed by atoms with Gasteiger partial charge in [-0.15, -0.1) is 0 Å². The number of ether oxygens (including phenoxy) is 4. The molecule has 6 heteroatoms. The highest BCUT2D eigenvalue weighted by Crippen LogP contribution is 2.75. The number of rotatable bonds is 6. The van der Waals surface area contributed by atoms with Crippen LogP contribution in [0.25, 0.3) is 0 Å². The van der Waals surface area contributed by atoms with Crippen LogP contribution in [0.2, 0.25) is 0 Å². The van der Waals surface area contributed by atoms with Crippen molar-refractivity contribution < 1.29 is 28.5 Å². The van der Waals surface area contributed by atoms with Crippen molar-refractivity contribution in [1.29, 1.82) is 0 Å². The fourth-order valence-corrected chi connectivity index (χ4v) is 9.69. The van der Waals surface area contributed by atoms with E-state index in [1.165, 1.54) is 0 Å². The van der Waals surface area contributed by atoms with Crippen molar-refractivity contribution in [3.05, 3.63) is 0 Å². The largest absolute Gasteiger partial charge is 0.380 e. The third kappa shape index (κ3) is 3.49. The van der Waals surface area contributed by atoms with Gasteiger partial charge in [-0.25, -0.2) is 0 Å². The molecular weight excluding hydrogens is 420 g/mol. The zero-order valence-corrected chi connectivity index (χ0v) is 21.7. The lowest BCUT2D eigenvalue weighted by atomic mass is 9.55. The van der Waals surface area contributed by atoms with Crippen molar-refractivity contribution in [2.45, 2.75) is 77.8 Å². The Hall–Kier alpha value is -0.820. The Morgan fingerprint density at radius 3 is 1.64 bits per heavy atom. The molecule has 0 aromatic heterocycles. The van der Waals surface area contributed by atoms with Crippen LogP contribution < -0.4 is 0 Å². The Kier molecular flexibility index (Phi) is 6.65. The predicted molar refractivity (Wildman–Crippen MR) is 125 cm³/mol. The second kappa shape index (κ2) is 8.69. The second-order valence-electron chi connectivity index (χ2n) is 12.7. The molecule has 0 N–H and O–H groups in total. The van der Waals surface area contributed by atoms with Gasteiger partial charge < -0.3 is 28.5 Å². The molecule has 0 saturated heterocycles. The van der Waals surface area contributed by atoms with Crippen LogP contribution in [0, 0.1) is 51.8 Å². The summed E-state index contributed by atoms with van der Waals surface area (Å²) in [4.78, 5) is 24.3. The lowest BCUT2D eigenvalue weighted by molar-refractivity contribution is -0.195. The summed E-state index contributed by atoms with van der Waals surface area (Å²) in [6.07, 6.45) is 5.29. The minimum atomic E-state index is -0.392. The average molecular weight is 465 g/mol. The molecule has 0 aliphatic heterocycles. The minimum absolute atomic E-state index is 0.00687. The van der Waals surface area contributed by atoms with Crippen LogP contribution in [0.1, 0.15) is 53.4 Å². The molecule has 1 spiro atoms. The smallest absolute Gasteiger partial charge is 0.126 e. The number of methoxy groups -OCH3 is 4. The van der Waals surface area contributed by atoms with Gasteiger partial charge in [-0.1, -0.05) is 27.7 Å². The number of aldehydes is 2. The van der Waals surface area contributed by atoms with E-state index in [2.05, 4.69) is 27.7 Å². The normalized spacial score (nSPS) is 50.1. The van der Waals surface area contributed by atoms with Crippen LogP contribution in [0.3, 0.4) is 0 Å². The number of carbonyl (C=O) groups is 2. The van der Waals surface area contributed by atoms with E-state index in [9.17, 15) is 9.59 Å². The Morgan fingerprint density at radius 2 is 1.18 bits per heavy atom. The number of fused-ring (bicyclic) bond motifs is 4. The molecule has 33 heavy (non-hydrogen) atoms. The molecule has 4 fully saturated rings. The molecule has 4 saturated carbocycles. The summed E-state index contributed by atoms with van der Waals surface area (Å²) in [7, 11) is 7.04. The molecule has 11 unspecified atom stereocenters. The number of hydrogen-bond acceptors (Lipinski definition) is 6. The molecule has 0 heterocycles. The quantitative estimate of drug-likeness (QED) is 0.557. The Labute approximate surface area is 199 Å². The van der Waals surface area contributed by atoms with Crippen LogP contribution in [0.15, 0.2) is 0 Å². The first-order valence-electron chi connectivity index (χ1n) is 12.6. The summed E-state index contributed by atoms with van der Waals surface area (Å²) in [5.41, 5.74) is 0.0904. The predicted octanol–water partition coefficient (Wildman–Crippen LogP) is 3.80. The van der Waals surface area contributed by atoms with Gasteiger partial charge in [0.2, 0.25) is 0 Å². The molecule has 188 valence electrons. The lowest BCUT2D eigenvalue weighted by Crippen LogP contribution is -2.59. The first-order valence-corrected chi connectivity index (χ1v) is 12.6. The van der Waals surface area contributed by atoms with Gasteiger partial charge in [-0.3, -0.25) is 0 Å². The molecule has 0 radical (unpaired) electrons. The second-order valence-corrected chi connectivity index (χ2v) is 12.7. The Bertz CT molecular complexity index is 749. The van der Waals surface area contributed by atoms with Gasteiger partial charge in [0, 0.05) is 34.4 Å². The van der Waals surface area contributed by atoms with Gasteiger partial charge in [-0.2, -0.15) is 0 Å². The van der Waals surface area contributed by atoms with Crippen LogP contribution in [-0.4, -0.2) is 65.4 Å². The van der Waals surface area contributed by atoms with E-state index in [0.29, 0.717) is 11.8 Å². The van der Waals surface area contributed by atoms with Gasteiger partial charge in [-0.05, 0) is 65.6 Å². The maximum atomic E-state index is 12.3. The fourth-order valence-electron chi connectivity index (χ4n) is 9.69. The highest BCUT2D eigenvalue weighted by atomic mass is 16.6. The van der Waals surface area contributed by atoms with E-state index >= 15 is 0 Å². The van der Waals surface area contributed by atoms with E-state index in [1.807, 2.05) is 0 Å². The van der Waals surface area contributed by atoms with Crippen LogP contribution >= 0.6 is 0 Å². The molecule has 0 aromatic carbocycles. The first kappa shape index (κ1) is 25.3. The van der Waals surface area contributed by atoms with Crippen molar-refractivity contribution in [2.24, 2.45) is 51.8 Å². The average Bonchev–Trinajstić information content (AvgIpc) is 3.15. The topological polar surface area (TPSA) is 71.1 Å². The standard InChI is InChI=1S/C27H44O6/c1-25(2)13-27(20-17(25)9-15(11-28)16(12-29)22(20)31-6)14-26(3,4)18-10-19(30-5)23(32-7)24(33-8)21(18)27/h11-12,15-24H,9-10,13-14H2,1-8H3. The third-order valence-electron chi connectivity index (χ3n) is 10.5. The van der Waals surface area contributed by atoms with Gasteiger partial charge in [0.1, 0.15) is 18.7 Å². The maximum absolute atomic E-state index is 12.3. The van der Waals surface area contributed by atoms with Gasteiger partial charge in [0.15, 0.2) is 0 Å². The molecule has 4 aliphatic rings. The SMILES string of the molecule is COC1CC2C(C(OC)C1OC)C1(CC(C)(C)C3CC(C=O)C(C=O)C(OC)C31)CC2(C)C. The summed E-state index contributed by atoms with van der Waals surface area (Å²) in [5, 5.41) is 0. The van der Waals surface area contributed by atoms with E-state index < -0.39 is 5.92 Å². The molecule has 4 rings (SSSR count). The maximum Gasteiger partial charge on any atom is 0.126 e. The van der Waals surface area contributed by atoms with Gasteiger partial charge in [0.05, 0.1) is 24.2 Å². The highest BCUT2D eigenvalue weighted by molar-refractivity contribution is 5.66. The van der Waals surface area contributed by atoms with Gasteiger partial charge >= 0.3 is 0 Å². The molecule has 11 atom stereocenters. The zero-order valence-electron chi connectivity index (χ0n) is 21.7. The Morgan fingerprint density at radius 1 is 0.667 bits per heavy atom. The first-order chi connectivity index (χ1) is 15.6. The van der Waals surface area contributed by atoms with Crippen LogP contribution in [0.4, 0.5) is 0 Å². The van der Waals surface area contributed by atoms with Crippen LogP contribution in [0.5, 0.6) is 0 Å². The summed E-state index contributed by atoms with van der Waals surface area (Å²) in [6.45, 7) is 9.49. The van der Waals surface area contributed by atoms with E-state index in [0.717, 1.165) is 38.3 Å². The third-order valence-corrected chi connectivity index (χ3v) is 10.5. The molecule has 6 nitrogen and oxygen atoms in total. The van der Waals surface area contributed by atoms with Gasteiger partial charge in [0.25, 0.3) is 0 Å². The summed E-state index contributed by atoms with van der Waals surface area (Å²) in [5.74, 6) is 0.554. The summed E-state index contributed by atoms with van der Waals surface area (Å²) < 4.78 is 24.3. The van der Waals surface area contributed by atoms with Crippen molar-refractivity contribution >= 4 is 12.6 Å². The summed E-state index contributed by atoms with van der Waals surface area (Å²) >= 11 is 0. The highest BCUT2D eigenvalue weighted by Gasteiger charge is 2.73. The molecule has 4 aliphatic carbocycles. The molecular formula is C27H44O6. The summed E-state index contributed by atoms with van der Waals surface area (Å²) in [6, 6.07) is 0. The molecule has 0 aromatic rings. The molecule has 0 bridgehead atoms. The fraction of sp³-hybridized carbons (Fsp3) is 0.926. The van der Waals surface area contributed by atoms with Crippen molar-refractivity contribution in [2.75, 3.05) is 28.4 Å². The van der Waals surface area contributed by atoms with Crippen LogP contribution in [-0.2, 0) is 28.5 Å². The lowest BCUT2D eigenvalue weighted by Gasteiger charge is -2.53. The van der Waals surface area contributed by atoms with Crippen molar-refractivity contribution in [3.63, 3.8) is 0 Å². The monoisotopic (exact) mass is 464 g/mol. The number of carbonyl (C=O) groups excluding carboxylic acids is 2. The van der Waals surface area contributed by atoms with E-state index in [4.69, 9.17) is 18.9 Å².